The number of aliphatic hydroxyl groups excluding tert-OH is 1. The van der Waals surface area contributed by atoms with Gasteiger partial charge in [-0.25, -0.2) is 0 Å². The van der Waals surface area contributed by atoms with Gasteiger partial charge in [0.2, 0.25) is 0 Å². The largest absolute Gasteiger partial charge is 0.497 e. The summed E-state index contributed by atoms with van der Waals surface area (Å²) in [6.45, 7) is 7.39. The van der Waals surface area contributed by atoms with Gasteiger partial charge in [0.1, 0.15) is 5.75 Å². The van der Waals surface area contributed by atoms with Gasteiger partial charge in [0.15, 0.2) is 0 Å². The summed E-state index contributed by atoms with van der Waals surface area (Å²) in [5, 5.41) is 15.2. The Morgan fingerprint density at radius 1 is 1.25 bits per heavy atom. The van der Waals surface area contributed by atoms with E-state index in [0.717, 1.165) is 50.4 Å². The number of benzene rings is 1. The highest BCUT2D eigenvalue weighted by molar-refractivity contribution is 7.07. The van der Waals surface area contributed by atoms with Crippen molar-refractivity contribution >= 4 is 22.2 Å². The van der Waals surface area contributed by atoms with E-state index < -0.39 is 0 Å². The maximum atomic E-state index is 9.57. The number of methoxy groups -OCH3 is 1. The average Bonchev–Trinajstić information content (AvgIpc) is 3.32. The number of piperazine rings is 1. The van der Waals surface area contributed by atoms with E-state index in [1.807, 2.05) is 6.07 Å². The van der Waals surface area contributed by atoms with E-state index >= 15 is 0 Å². The molecule has 1 fully saturated rings. The number of thiophene rings is 1. The summed E-state index contributed by atoms with van der Waals surface area (Å²) in [7, 11) is 1.71. The van der Waals surface area contributed by atoms with Gasteiger partial charge in [0.25, 0.3) is 0 Å². The van der Waals surface area contributed by atoms with Gasteiger partial charge >= 0.3 is 0 Å². The van der Waals surface area contributed by atoms with Crippen LogP contribution in [0.15, 0.2) is 35.0 Å². The molecule has 0 amide bonds. The first-order valence-corrected chi connectivity index (χ1v) is 10.9. The predicted octanol–water partition coefficient (Wildman–Crippen LogP) is 3.62. The van der Waals surface area contributed by atoms with Crippen molar-refractivity contribution in [3.8, 4) is 5.75 Å². The molecule has 0 aliphatic carbocycles. The molecule has 1 aliphatic heterocycles. The minimum Gasteiger partial charge on any atom is -0.497 e. The van der Waals surface area contributed by atoms with Crippen LogP contribution < -0.4 is 4.74 Å². The average molecular weight is 400 g/mol. The normalized spacial score (nSPS) is 18.8. The van der Waals surface area contributed by atoms with Crippen LogP contribution in [0, 0.1) is 6.92 Å². The fourth-order valence-corrected chi connectivity index (χ4v) is 4.88. The molecule has 1 aromatic carbocycles. The first kappa shape index (κ1) is 19.5. The number of fused-ring (bicyclic) bond motifs is 1. The van der Waals surface area contributed by atoms with Crippen molar-refractivity contribution in [3.05, 3.63) is 51.8 Å². The van der Waals surface area contributed by atoms with Crippen molar-refractivity contribution in [1.29, 1.82) is 0 Å². The van der Waals surface area contributed by atoms with E-state index in [0.29, 0.717) is 6.04 Å². The first-order chi connectivity index (χ1) is 13.7. The fraction of sp³-hybridized carbons (Fsp3) is 0.455. The third-order valence-electron chi connectivity index (χ3n) is 5.87. The molecule has 0 bridgehead atoms. The molecule has 4 rings (SSSR count). The monoisotopic (exact) mass is 399 g/mol. The van der Waals surface area contributed by atoms with E-state index in [1.54, 1.807) is 18.4 Å². The van der Waals surface area contributed by atoms with Crippen molar-refractivity contribution in [2.24, 2.45) is 0 Å². The molecule has 1 aliphatic rings. The Morgan fingerprint density at radius 3 is 2.89 bits per heavy atom. The molecule has 1 unspecified atom stereocenters. The third-order valence-corrected chi connectivity index (χ3v) is 6.60. The number of H-pyrrole nitrogens is 1. The second kappa shape index (κ2) is 8.66. The Balaban J connectivity index is 1.46. The molecular formula is C22H29N3O2S. The molecular weight excluding hydrogens is 370 g/mol. The molecule has 28 heavy (non-hydrogen) atoms. The quantitative estimate of drug-likeness (QED) is 0.637. The zero-order valence-electron chi connectivity index (χ0n) is 16.6. The lowest BCUT2D eigenvalue weighted by molar-refractivity contribution is 0.0495. The number of aromatic amines is 1. The highest BCUT2D eigenvalue weighted by Crippen LogP contribution is 2.27. The van der Waals surface area contributed by atoms with Crippen LogP contribution in [0.3, 0.4) is 0 Å². The van der Waals surface area contributed by atoms with Crippen LogP contribution in [-0.2, 0) is 13.1 Å². The van der Waals surface area contributed by atoms with Crippen molar-refractivity contribution < 1.29 is 9.84 Å². The van der Waals surface area contributed by atoms with Gasteiger partial charge in [0.05, 0.1) is 7.11 Å². The maximum absolute atomic E-state index is 9.57. The third kappa shape index (κ3) is 4.10. The van der Waals surface area contributed by atoms with E-state index in [9.17, 15) is 5.11 Å². The number of hydrogen-bond acceptors (Lipinski definition) is 5. The van der Waals surface area contributed by atoms with Crippen molar-refractivity contribution in [1.82, 2.24) is 14.8 Å². The number of aromatic nitrogens is 1. The maximum Gasteiger partial charge on any atom is 0.119 e. The van der Waals surface area contributed by atoms with Gasteiger partial charge in [0, 0.05) is 62.0 Å². The molecule has 0 spiro atoms. The Labute approximate surface area is 170 Å². The molecule has 0 saturated carbocycles. The summed E-state index contributed by atoms with van der Waals surface area (Å²) in [6.07, 6.45) is 0.823. The number of hydrogen-bond donors (Lipinski definition) is 2. The van der Waals surface area contributed by atoms with Crippen LogP contribution in [0.1, 0.15) is 23.2 Å². The lowest BCUT2D eigenvalue weighted by atomic mass is 10.1. The fourth-order valence-electron chi connectivity index (χ4n) is 4.22. The second-order valence-corrected chi connectivity index (χ2v) is 8.42. The molecule has 2 N–H and O–H groups in total. The summed E-state index contributed by atoms with van der Waals surface area (Å²) in [5.74, 6) is 0.895. The lowest BCUT2D eigenvalue weighted by Gasteiger charge is -2.41. The summed E-state index contributed by atoms with van der Waals surface area (Å²) in [4.78, 5) is 8.64. The SMILES string of the molecule is COc1ccc2[nH]c(CN3CCN(Cc4ccsc4)C(CCO)C3)c(C)c2c1. The summed E-state index contributed by atoms with van der Waals surface area (Å²) < 4.78 is 5.38. The molecule has 3 aromatic rings. The minimum absolute atomic E-state index is 0.240. The molecule has 3 heterocycles. The van der Waals surface area contributed by atoms with Crippen LogP contribution in [0.2, 0.25) is 0 Å². The number of aliphatic hydroxyl groups is 1. The number of ether oxygens (including phenoxy) is 1. The van der Waals surface area contributed by atoms with Crippen molar-refractivity contribution in [2.75, 3.05) is 33.4 Å². The Kier molecular flexibility index (Phi) is 6.01. The summed E-state index contributed by atoms with van der Waals surface area (Å²) >= 11 is 1.75. The van der Waals surface area contributed by atoms with E-state index in [-0.39, 0.29) is 6.61 Å². The Morgan fingerprint density at radius 2 is 2.14 bits per heavy atom. The van der Waals surface area contributed by atoms with Crippen LogP contribution in [0.5, 0.6) is 5.75 Å². The highest BCUT2D eigenvalue weighted by Gasteiger charge is 2.27. The Hall–Kier alpha value is -1.86. The van der Waals surface area contributed by atoms with Crippen molar-refractivity contribution in [2.45, 2.75) is 32.5 Å². The molecule has 1 atom stereocenters. The second-order valence-electron chi connectivity index (χ2n) is 7.64. The summed E-state index contributed by atoms with van der Waals surface area (Å²) in [5.41, 5.74) is 5.11. The molecule has 5 nitrogen and oxygen atoms in total. The van der Waals surface area contributed by atoms with Crippen LogP contribution in [0.4, 0.5) is 0 Å². The zero-order chi connectivity index (χ0) is 19.5. The number of aryl methyl sites for hydroxylation is 1. The van der Waals surface area contributed by atoms with E-state index in [4.69, 9.17) is 4.74 Å². The van der Waals surface area contributed by atoms with Crippen molar-refractivity contribution in [3.63, 3.8) is 0 Å². The number of rotatable bonds is 7. The molecule has 2 aromatic heterocycles. The molecule has 150 valence electrons. The minimum atomic E-state index is 0.240. The van der Waals surface area contributed by atoms with Gasteiger partial charge in [-0.2, -0.15) is 11.3 Å². The van der Waals surface area contributed by atoms with Crippen LogP contribution >= 0.6 is 11.3 Å². The van der Waals surface area contributed by atoms with Gasteiger partial charge < -0.3 is 14.8 Å². The first-order valence-electron chi connectivity index (χ1n) is 9.91. The predicted molar refractivity (Wildman–Crippen MR) is 115 cm³/mol. The molecule has 1 saturated heterocycles. The van der Waals surface area contributed by atoms with E-state index in [2.05, 4.69) is 50.7 Å². The Bertz CT molecular complexity index is 906. The van der Waals surface area contributed by atoms with Crippen LogP contribution in [0.25, 0.3) is 10.9 Å². The number of nitrogens with zero attached hydrogens (tertiary/aromatic N) is 2. The zero-order valence-corrected chi connectivity index (χ0v) is 17.5. The molecule has 0 radical (unpaired) electrons. The van der Waals surface area contributed by atoms with Gasteiger partial charge in [-0.05, 0) is 59.5 Å². The standard InChI is InChI=1S/C22H29N3O2S/c1-16-20-11-19(27-2)3-4-21(20)23-22(16)14-24-7-8-25(18(13-24)5-9-26)12-17-6-10-28-15-17/h3-4,6,10-11,15,18,23,26H,5,7-9,12-14H2,1-2H3. The molecule has 6 heteroatoms. The lowest BCUT2D eigenvalue weighted by Crippen LogP contribution is -2.52. The summed E-state index contributed by atoms with van der Waals surface area (Å²) in [6, 6.07) is 8.80. The number of nitrogens with one attached hydrogen (secondary N) is 1. The van der Waals surface area contributed by atoms with E-state index in [1.165, 1.54) is 22.2 Å². The topological polar surface area (TPSA) is 51.7 Å². The van der Waals surface area contributed by atoms with Gasteiger partial charge in [-0.3, -0.25) is 9.80 Å². The van der Waals surface area contributed by atoms with Crippen LogP contribution in [-0.4, -0.2) is 59.3 Å². The van der Waals surface area contributed by atoms with Gasteiger partial charge in [-0.1, -0.05) is 0 Å². The highest BCUT2D eigenvalue weighted by atomic mass is 32.1. The van der Waals surface area contributed by atoms with Gasteiger partial charge in [-0.15, -0.1) is 0 Å². The smallest absolute Gasteiger partial charge is 0.119 e.